The molecule has 0 radical (unpaired) electrons. The third-order valence-corrected chi connectivity index (χ3v) is 4.65. The molecular formula is C17H16Cl2N2OS. The van der Waals surface area contributed by atoms with Gasteiger partial charge in [0.1, 0.15) is 11.9 Å². The molecule has 0 amide bonds. The molecule has 1 heterocycles. The van der Waals surface area contributed by atoms with Crippen LogP contribution in [0.2, 0.25) is 10.0 Å². The third kappa shape index (κ3) is 4.34. The van der Waals surface area contributed by atoms with Crippen molar-refractivity contribution >= 4 is 45.8 Å². The molecule has 1 fully saturated rings. The first-order valence-electron chi connectivity index (χ1n) is 7.19. The molecule has 0 spiro atoms. The smallest absolute Gasteiger partial charge is 0.164 e. The molecule has 120 valence electrons. The van der Waals surface area contributed by atoms with Crippen LogP contribution in [0.3, 0.4) is 0 Å². The van der Waals surface area contributed by atoms with Crippen molar-refractivity contribution in [2.75, 3.05) is 19.3 Å². The maximum atomic E-state index is 5.97. The largest absolute Gasteiger partial charge is 0.487 e. The molecule has 0 saturated carbocycles. The second-order valence-electron chi connectivity index (χ2n) is 5.18. The number of aliphatic imine (C=N–C) groups is 1. The SMILES string of the molecule is CSC(=Nc1ccc(Cl)cc1)N1CC(Oc2cccc(Cl)c2)C1. The fourth-order valence-corrected chi connectivity index (χ4v) is 3.18. The average molecular weight is 367 g/mol. The lowest BCUT2D eigenvalue weighted by molar-refractivity contribution is 0.0700. The Morgan fingerprint density at radius 1 is 1.13 bits per heavy atom. The fourth-order valence-electron chi connectivity index (χ4n) is 2.27. The monoisotopic (exact) mass is 366 g/mol. The van der Waals surface area contributed by atoms with Crippen molar-refractivity contribution in [2.45, 2.75) is 6.10 Å². The van der Waals surface area contributed by atoms with Gasteiger partial charge in [-0.3, -0.25) is 0 Å². The number of nitrogens with zero attached hydrogens (tertiary/aromatic N) is 2. The summed E-state index contributed by atoms with van der Waals surface area (Å²) < 4.78 is 5.91. The summed E-state index contributed by atoms with van der Waals surface area (Å²) in [4.78, 5) is 6.87. The lowest BCUT2D eigenvalue weighted by atomic mass is 10.2. The number of hydrogen-bond acceptors (Lipinski definition) is 3. The van der Waals surface area contributed by atoms with E-state index >= 15 is 0 Å². The van der Waals surface area contributed by atoms with Gasteiger partial charge in [0.25, 0.3) is 0 Å². The van der Waals surface area contributed by atoms with Crippen LogP contribution in [-0.2, 0) is 0 Å². The highest BCUT2D eigenvalue weighted by Gasteiger charge is 2.30. The second kappa shape index (κ2) is 7.47. The van der Waals surface area contributed by atoms with Crippen LogP contribution in [0.25, 0.3) is 0 Å². The Morgan fingerprint density at radius 3 is 2.52 bits per heavy atom. The molecule has 2 aromatic carbocycles. The van der Waals surface area contributed by atoms with Gasteiger partial charge >= 0.3 is 0 Å². The van der Waals surface area contributed by atoms with Crippen LogP contribution in [0, 0.1) is 0 Å². The molecule has 0 N–H and O–H groups in total. The van der Waals surface area contributed by atoms with Crippen molar-refractivity contribution in [1.29, 1.82) is 0 Å². The van der Waals surface area contributed by atoms with E-state index in [9.17, 15) is 0 Å². The highest BCUT2D eigenvalue weighted by Crippen LogP contribution is 2.25. The Hall–Kier alpha value is -1.36. The molecule has 3 nitrogen and oxygen atoms in total. The summed E-state index contributed by atoms with van der Waals surface area (Å²) in [5.74, 6) is 0.808. The highest BCUT2D eigenvalue weighted by atomic mass is 35.5. The first-order valence-corrected chi connectivity index (χ1v) is 9.17. The maximum absolute atomic E-state index is 5.97. The molecule has 0 aromatic heterocycles. The molecule has 3 rings (SSSR count). The van der Waals surface area contributed by atoms with Gasteiger partial charge in [0, 0.05) is 10.0 Å². The normalized spacial score (nSPS) is 15.4. The molecule has 6 heteroatoms. The number of ether oxygens (including phenoxy) is 1. The van der Waals surface area contributed by atoms with E-state index in [1.807, 2.05) is 54.8 Å². The number of benzene rings is 2. The van der Waals surface area contributed by atoms with Crippen molar-refractivity contribution in [3.63, 3.8) is 0 Å². The van der Waals surface area contributed by atoms with Crippen LogP contribution in [0.5, 0.6) is 5.75 Å². The summed E-state index contributed by atoms with van der Waals surface area (Å²) in [7, 11) is 0. The molecule has 0 unspecified atom stereocenters. The summed E-state index contributed by atoms with van der Waals surface area (Å²) in [6, 6.07) is 15.0. The van der Waals surface area contributed by atoms with Crippen molar-refractivity contribution in [2.24, 2.45) is 4.99 Å². The van der Waals surface area contributed by atoms with Gasteiger partial charge in [-0.05, 0) is 48.7 Å². The summed E-state index contributed by atoms with van der Waals surface area (Å²) in [5, 5.41) is 2.39. The van der Waals surface area contributed by atoms with Crippen molar-refractivity contribution in [3.05, 3.63) is 58.6 Å². The van der Waals surface area contributed by atoms with Crippen LogP contribution in [0.4, 0.5) is 5.69 Å². The molecular weight excluding hydrogens is 351 g/mol. The minimum atomic E-state index is 0.163. The summed E-state index contributed by atoms with van der Waals surface area (Å²) in [6.45, 7) is 1.64. The Morgan fingerprint density at radius 2 is 1.87 bits per heavy atom. The number of amidine groups is 1. The van der Waals surface area contributed by atoms with E-state index < -0.39 is 0 Å². The standard InChI is InChI=1S/C17H16Cl2N2OS/c1-23-17(20-14-7-5-12(18)6-8-14)21-10-16(11-21)22-15-4-2-3-13(19)9-15/h2-9,16H,10-11H2,1H3. The van der Waals surface area contributed by atoms with Gasteiger partial charge in [-0.15, -0.1) is 0 Å². The third-order valence-electron chi connectivity index (χ3n) is 3.45. The van der Waals surface area contributed by atoms with E-state index in [2.05, 4.69) is 9.89 Å². The molecule has 1 saturated heterocycles. The van der Waals surface area contributed by atoms with Gasteiger partial charge in [0.15, 0.2) is 5.17 Å². The lowest BCUT2D eigenvalue weighted by Gasteiger charge is -2.40. The molecule has 1 aliphatic heterocycles. The van der Waals surface area contributed by atoms with Crippen LogP contribution in [0.1, 0.15) is 0 Å². The van der Waals surface area contributed by atoms with Gasteiger partial charge in [-0.25, -0.2) is 4.99 Å². The number of likely N-dealkylation sites (tertiary alicyclic amines) is 1. The quantitative estimate of drug-likeness (QED) is 0.557. The van der Waals surface area contributed by atoms with Gasteiger partial charge < -0.3 is 9.64 Å². The van der Waals surface area contributed by atoms with E-state index in [0.29, 0.717) is 10.0 Å². The highest BCUT2D eigenvalue weighted by molar-refractivity contribution is 8.13. The van der Waals surface area contributed by atoms with Gasteiger partial charge in [-0.2, -0.15) is 0 Å². The van der Waals surface area contributed by atoms with Crippen molar-refractivity contribution in [3.8, 4) is 5.75 Å². The molecule has 0 aliphatic carbocycles. The molecule has 1 aliphatic rings. The molecule has 0 bridgehead atoms. The minimum Gasteiger partial charge on any atom is -0.487 e. The molecule has 0 atom stereocenters. The first kappa shape index (κ1) is 16.5. The zero-order valence-corrected chi connectivity index (χ0v) is 14.9. The Kier molecular flexibility index (Phi) is 5.36. The Bertz CT molecular complexity index is 700. The lowest BCUT2D eigenvalue weighted by Crippen LogP contribution is -2.55. The minimum absolute atomic E-state index is 0.163. The topological polar surface area (TPSA) is 24.8 Å². The fraction of sp³-hybridized carbons (Fsp3) is 0.235. The van der Waals surface area contributed by atoms with E-state index in [4.69, 9.17) is 27.9 Å². The maximum Gasteiger partial charge on any atom is 0.164 e. The van der Waals surface area contributed by atoms with Crippen LogP contribution in [-0.4, -0.2) is 35.5 Å². The predicted molar refractivity (Wildman–Crippen MR) is 99.5 cm³/mol. The zero-order valence-electron chi connectivity index (χ0n) is 12.6. The van der Waals surface area contributed by atoms with E-state index in [1.165, 1.54) is 0 Å². The van der Waals surface area contributed by atoms with E-state index in [0.717, 1.165) is 29.7 Å². The van der Waals surface area contributed by atoms with Gasteiger partial charge in [0.05, 0.1) is 18.8 Å². The summed E-state index contributed by atoms with van der Waals surface area (Å²) in [6.07, 6.45) is 2.19. The van der Waals surface area contributed by atoms with Gasteiger partial charge in [-0.1, -0.05) is 41.0 Å². The number of halogens is 2. The number of rotatable bonds is 3. The molecule has 23 heavy (non-hydrogen) atoms. The molecule has 2 aromatic rings. The second-order valence-corrected chi connectivity index (χ2v) is 6.82. The summed E-state index contributed by atoms with van der Waals surface area (Å²) in [5.41, 5.74) is 0.901. The zero-order chi connectivity index (χ0) is 16.2. The Labute approximate surface area is 150 Å². The van der Waals surface area contributed by atoms with E-state index in [-0.39, 0.29) is 6.10 Å². The van der Waals surface area contributed by atoms with Crippen LogP contribution >= 0.6 is 35.0 Å². The van der Waals surface area contributed by atoms with Crippen LogP contribution in [0.15, 0.2) is 53.5 Å². The average Bonchev–Trinajstić information content (AvgIpc) is 2.51. The Balaban J connectivity index is 1.59. The van der Waals surface area contributed by atoms with E-state index in [1.54, 1.807) is 11.8 Å². The number of hydrogen-bond donors (Lipinski definition) is 0. The van der Waals surface area contributed by atoms with Crippen molar-refractivity contribution in [1.82, 2.24) is 4.90 Å². The van der Waals surface area contributed by atoms with Crippen LogP contribution < -0.4 is 4.74 Å². The first-order chi connectivity index (χ1) is 11.1. The number of thioether (sulfide) groups is 1. The predicted octanol–water partition coefficient (Wildman–Crippen LogP) is 5.11. The van der Waals surface area contributed by atoms with Crippen molar-refractivity contribution < 1.29 is 4.74 Å². The summed E-state index contributed by atoms with van der Waals surface area (Å²) >= 11 is 13.5. The van der Waals surface area contributed by atoms with Gasteiger partial charge in [0.2, 0.25) is 0 Å².